The van der Waals surface area contributed by atoms with Crippen molar-refractivity contribution in [3.63, 3.8) is 0 Å². The lowest BCUT2D eigenvalue weighted by molar-refractivity contribution is -0.300. The number of ether oxygens (including phenoxy) is 2. The summed E-state index contributed by atoms with van der Waals surface area (Å²) in [5, 5.41) is 3.76. The second-order valence-corrected chi connectivity index (χ2v) is 13.4. The van der Waals surface area contributed by atoms with E-state index in [9.17, 15) is 9.18 Å². The molecule has 3 aromatic carbocycles. The van der Waals surface area contributed by atoms with Gasteiger partial charge >= 0.3 is 0 Å². The van der Waals surface area contributed by atoms with Crippen molar-refractivity contribution in [3.05, 3.63) is 131 Å². The summed E-state index contributed by atoms with van der Waals surface area (Å²) in [6.45, 7) is 8.65. The van der Waals surface area contributed by atoms with Gasteiger partial charge in [0.15, 0.2) is 5.79 Å². The number of halogens is 2. The normalized spacial score (nSPS) is 17.4. The summed E-state index contributed by atoms with van der Waals surface area (Å²) >= 11 is 6.46. The zero-order valence-corrected chi connectivity index (χ0v) is 28.5. The first-order valence-corrected chi connectivity index (χ1v) is 16.9. The number of carbonyl (C=O) groups is 1. The summed E-state index contributed by atoms with van der Waals surface area (Å²) in [6.07, 6.45) is 3.38. The van der Waals surface area contributed by atoms with E-state index in [0.29, 0.717) is 42.1 Å². The van der Waals surface area contributed by atoms with E-state index < -0.39 is 5.79 Å². The minimum Gasteiger partial charge on any atom is -0.347 e. The predicted octanol–water partition coefficient (Wildman–Crippen LogP) is 9.93. The van der Waals surface area contributed by atoms with Gasteiger partial charge in [0.25, 0.3) is 5.91 Å². The molecule has 6 nitrogen and oxygen atoms in total. The van der Waals surface area contributed by atoms with Gasteiger partial charge in [-0.2, -0.15) is 0 Å². The fraction of sp³-hybridized carbons (Fsp3) is 0.300. The summed E-state index contributed by atoms with van der Waals surface area (Å²) in [5.41, 5.74) is 6.44. The molecule has 2 aromatic heterocycles. The number of benzene rings is 3. The molecule has 0 bridgehead atoms. The molecule has 6 rings (SSSR count). The van der Waals surface area contributed by atoms with Crippen molar-refractivity contribution in [2.45, 2.75) is 77.4 Å². The maximum absolute atomic E-state index is 14.4. The molecule has 0 radical (unpaired) electrons. The molecular weight excluding hydrogens is 625 g/mol. The van der Waals surface area contributed by atoms with Crippen LogP contribution in [0.25, 0.3) is 22.4 Å². The van der Waals surface area contributed by atoms with E-state index in [1.54, 1.807) is 18.3 Å². The Labute approximate surface area is 286 Å². The summed E-state index contributed by atoms with van der Waals surface area (Å²) < 4.78 is 29.3. The van der Waals surface area contributed by atoms with Crippen LogP contribution in [0.5, 0.6) is 0 Å². The first kappa shape index (κ1) is 33.6. The molecule has 0 aliphatic carbocycles. The molecule has 8 heteroatoms. The van der Waals surface area contributed by atoms with Gasteiger partial charge in [-0.15, -0.1) is 0 Å². The molecular formula is C40H41ClFN3O3. The van der Waals surface area contributed by atoms with Crippen LogP contribution in [0.2, 0.25) is 5.02 Å². The molecule has 0 spiro atoms. The first-order chi connectivity index (χ1) is 23.1. The van der Waals surface area contributed by atoms with Crippen molar-refractivity contribution >= 4 is 23.2 Å². The zero-order chi connectivity index (χ0) is 33.8. The van der Waals surface area contributed by atoms with Crippen molar-refractivity contribution < 1.29 is 18.7 Å². The molecule has 0 saturated carbocycles. The van der Waals surface area contributed by atoms with Gasteiger partial charge in [-0.25, -0.2) is 4.39 Å². The molecule has 2 atom stereocenters. The molecule has 0 unspecified atom stereocenters. The van der Waals surface area contributed by atoms with Crippen molar-refractivity contribution in [3.8, 4) is 22.4 Å². The topological polar surface area (TPSA) is 65.4 Å². The molecule has 248 valence electrons. The number of nitrogens with one attached hydrogen (secondary N) is 1. The molecule has 1 amide bonds. The van der Waals surface area contributed by atoms with Gasteiger partial charge in [0, 0.05) is 42.5 Å². The fourth-order valence-corrected chi connectivity index (χ4v) is 6.99. The molecule has 3 heterocycles. The largest absolute Gasteiger partial charge is 0.347 e. The number of para-hydroxylation sites is 1. The van der Waals surface area contributed by atoms with Gasteiger partial charge in [-0.1, -0.05) is 74.0 Å². The molecule has 48 heavy (non-hydrogen) atoms. The third-order valence-electron chi connectivity index (χ3n) is 8.65. The summed E-state index contributed by atoms with van der Waals surface area (Å²) in [5.74, 6) is -1.32. The van der Waals surface area contributed by atoms with Gasteiger partial charge in [-0.05, 0) is 85.8 Å². The van der Waals surface area contributed by atoms with Crippen LogP contribution in [0.4, 0.5) is 10.1 Å². The van der Waals surface area contributed by atoms with E-state index in [0.717, 1.165) is 33.8 Å². The number of pyridine rings is 1. The van der Waals surface area contributed by atoms with E-state index in [4.69, 9.17) is 21.1 Å². The Kier molecular flexibility index (Phi) is 10.1. The predicted molar refractivity (Wildman–Crippen MR) is 190 cm³/mol. The third-order valence-corrected chi connectivity index (χ3v) is 8.99. The quantitative estimate of drug-likeness (QED) is 0.161. The first-order valence-electron chi connectivity index (χ1n) is 16.5. The van der Waals surface area contributed by atoms with Gasteiger partial charge in [0.2, 0.25) is 0 Å². The molecule has 5 aromatic rings. The van der Waals surface area contributed by atoms with E-state index in [1.165, 1.54) is 12.1 Å². The van der Waals surface area contributed by atoms with Crippen molar-refractivity contribution in [1.82, 2.24) is 9.55 Å². The van der Waals surface area contributed by atoms with Gasteiger partial charge in [0.1, 0.15) is 5.82 Å². The van der Waals surface area contributed by atoms with Crippen LogP contribution < -0.4 is 5.32 Å². The van der Waals surface area contributed by atoms with Crippen LogP contribution >= 0.6 is 11.6 Å². The summed E-state index contributed by atoms with van der Waals surface area (Å²) in [7, 11) is 0. The Morgan fingerprint density at radius 2 is 1.60 bits per heavy atom. The number of rotatable bonds is 10. The molecule has 1 saturated heterocycles. The highest BCUT2D eigenvalue weighted by atomic mass is 35.5. The maximum atomic E-state index is 14.4. The number of amides is 1. The number of hydrogen-bond acceptors (Lipinski definition) is 4. The average molecular weight is 666 g/mol. The highest BCUT2D eigenvalue weighted by Crippen LogP contribution is 2.43. The molecule has 1 N–H and O–H groups in total. The Balaban J connectivity index is 1.44. The van der Waals surface area contributed by atoms with Crippen molar-refractivity contribution in [2.75, 3.05) is 5.32 Å². The highest BCUT2D eigenvalue weighted by Gasteiger charge is 2.37. The van der Waals surface area contributed by atoms with E-state index in [-0.39, 0.29) is 29.9 Å². The zero-order valence-electron chi connectivity index (χ0n) is 27.8. The maximum Gasteiger partial charge on any atom is 0.258 e. The van der Waals surface area contributed by atoms with Crippen molar-refractivity contribution in [1.29, 1.82) is 0 Å². The lowest BCUT2D eigenvalue weighted by Crippen LogP contribution is -2.45. The minimum absolute atomic E-state index is 0.00993. The van der Waals surface area contributed by atoms with Crippen LogP contribution in [0.3, 0.4) is 0 Å². The van der Waals surface area contributed by atoms with Crippen LogP contribution in [0, 0.1) is 5.82 Å². The number of hydrogen-bond donors (Lipinski definition) is 1. The lowest BCUT2D eigenvalue weighted by atomic mass is 9.94. The van der Waals surface area contributed by atoms with E-state index in [2.05, 4.69) is 28.7 Å². The summed E-state index contributed by atoms with van der Waals surface area (Å²) in [4.78, 5) is 18.9. The van der Waals surface area contributed by atoms with Crippen LogP contribution in [-0.4, -0.2) is 33.5 Å². The fourth-order valence-electron chi connectivity index (χ4n) is 6.79. The van der Waals surface area contributed by atoms with E-state index in [1.807, 2.05) is 86.6 Å². The second kappa shape index (κ2) is 14.4. The van der Waals surface area contributed by atoms with Gasteiger partial charge in [0.05, 0.1) is 34.2 Å². The highest BCUT2D eigenvalue weighted by molar-refractivity contribution is 6.31. The van der Waals surface area contributed by atoms with Gasteiger partial charge < -0.3 is 19.4 Å². The minimum atomic E-state index is -0.803. The second-order valence-electron chi connectivity index (χ2n) is 13.0. The summed E-state index contributed by atoms with van der Waals surface area (Å²) in [6, 6.07) is 29.6. The van der Waals surface area contributed by atoms with Crippen molar-refractivity contribution in [2.24, 2.45) is 0 Å². The number of anilines is 1. The molecule has 1 aliphatic heterocycles. The van der Waals surface area contributed by atoms with Crippen LogP contribution in [0.15, 0.2) is 103 Å². The lowest BCUT2D eigenvalue weighted by Gasteiger charge is -2.41. The number of nitrogens with zero attached hydrogens (tertiary/aromatic N) is 2. The van der Waals surface area contributed by atoms with Crippen LogP contribution in [0.1, 0.15) is 68.2 Å². The number of aromatic nitrogens is 2. The Morgan fingerprint density at radius 1 is 0.938 bits per heavy atom. The average Bonchev–Trinajstić information content (AvgIpc) is 3.41. The Bertz CT molecular complexity index is 1860. The third kappa shape index (κ3) is 7.54. The van der Waals surface area contributed by atoms with Crippen LogP contribution in [-0.2, 0) is 22.4 Å². The number of carbonyl (C=O) groups excluding carboxylic acids is 1. The molecule has 1 fully saturated rings. The SMILES string of the molecule is CC(C)c1c(C(=O)Nc2ccccc2)c(-c2ccccc2)c(-c2ccc(F)cc2)n1CC[C@@H]1C[C@H](Cc2ncccc2Cl)OC(C)(C)O1. The smallest absolute Gasteiger partial charge is 0.258 e. The Morgan fingerprint density at radius 3 is 2.27 bits per heavy atom. The van der Waals surface area contributed by atoms with Gasteiger partial charge in [-0.3, -0.25) is 9.78 Å². The monoisotopic (exact) mass is 665 g/mol. The Hall–Kier alpha value is -4.30. The standard InChI is InChI=1S/C40H41ClFN3O3/c1-26(2)37-36(39(46)44-30-14-9-6-10-15-30)35(27-12-7-5-8-13-27)38(28-17-19-29(42)20-18-28)45(37)23-21-31-24-32(48-40(3,4)47-31)25-34-33(41)16-11-22-43-34/h5-20,22,26,31-32H,21,23-25H2,1-4H3,(H,44,46)/t31-,32-/m1/s1. The molecule has 1 aliphatic rings. The van der Waals surface area contributed by atoms with E-state index >= 15 is 0 Å².